The highest BCUT2D eigenvalue weighted by molar-refractivity contribution is 6.31. The maximum Gasteiger partial charge on any atom is 0.256 e. The third-order valence-corrected chi connectivity index (χ3v) is 4.95. The fourth-order valence-electron chi connectivity index (χ4n) is 3.15. The first-order valence-corrected chi connectivity index (χ1v) is 9.01. The number of amides is 1. The van der Waals surface area contributed by atoms with Gasteiger partial charge in [0.1, 0.15) is 5.82 Å². The zero-order valence-electron chi connectivity index (χ0n) is 14.4. The van der Waals surface area contributed by atoms with E-state index in [2.05, 4.69) is 4.98 Å². The van der Waals surface area contributed by atoms with E-state index in [4.69, 9.17) is 11.6 Å². The lowest BCUT2D eigenvalue weighted by Crippen LogP contribution is -2.33. The fourth-order valence-corrected chi connectivity index (χ4v) is 3.33. The van der Waals surface area contributed by atoms with Crippen LogP contribution in [0.3, 0.4) is 0 Å². The van der Waals surface area contributed by atoms with Crippen molar-refractivity contribution >= 4 is 28.4 Å². The Morgan fingerprint density at radius 3 is 2.62 bits per heavy atom. The molecular formula is C21H18ClFN2O. The maximum atomic E-state index is 13.2. The first-order chi connectivity index (χ1) is 12.5. The maximum absolute atomic E-state index is 13.2. The van der Waals surface area contributed by atoms with Gasteiger partial charge >= 0.3 is 0 Å². The molecule has 4 rings (SSSR count). The van der Waals surface area contributed by atoms with Gasteiger partial charge in [-0.3, -0.25) is 9.78 Å². The van der Waals surface area contributed by atoms with E-state index in [1.54, 1.807) is 18.2 Å². The molecular weight excluding hydrogens is 351 g/mol. The summed E-state index contributed by atoms with van der Waals surface area (Å²) in [6.07, 6.45) is 2.00. The SMILES string of the molecule is Cc1nc2ccc(Cl)cc2cc1C(=O)N(Cc1ccc(F)cc1)C1CC1. The van der Waals surface area contributed by atoms with Gasteiger partial charge < -0.3 is 4.90 Å². The zero-order chi connectivity index (χ0) is 18.3. The van der Waals surface area contributed by atoms with E-state index in [1.165, 1.54) is 12.1 Å². The number of fused-ring (bicyclic) bond motifs is 1. The molecule has 0 bridgehead atoms. The number of carbonyl (C=O) groups excluding carboxylic acids is 1. The first-order valence-electron chi connectivity index (χ1n) is 8.63. The van der Waals surface area contributed by atoms with Crippen LogP contribution in [0.25, 0.3) is 10.9 Å². The molecule has 1 heterocycles. The van der Waals surface area contributed by atoms with Gasteiger partial charge in [-0.25, -0.2) is 4.39 Å². The molecule has 26 heavy (non-hydrogen) atoms. The molecule has 0 atom stereocenters. The van der Waals surface area contributed by atoms with Crippen LogP contribution in [0.4, 0.5) is 4.39 Å². The average Bonchev–Trinajstić information content (AvgIpc) is 3.45. The topological polar surface area (TPSA) is 33.2 Å². The second-order valence-corrected chi connectivity index (χ2v) is 7.19. The van der Waals surface area contributed by atoms with E-state index >= 15 is 0 Å². The normalized spacial score (nSPS) is 13.8. The molecule has 2 aromatic carbocycles. The Labute approximate surface area is 156 Å². The predicted molar refractivity (Wildman–Crippen MR) is 101 cm³/mol. The summed E-state index contributed by atoms with van der Waals surface area (Å²) in [5.74, 6) is -0.312. The minimum absolute atomic E-state index is 0.0382. The van der Waals surface area contributed by atoms with Crippen LogP contribution < -0.4 is 0 Å². The average molecular weight is 369 g/mol. The molecule has 5 heteroatoms. The van der Waals surface area contributed by atoms with Gasteiger partial charge in [0.15, 0.2) is 0 Å². The van der Waals surface area contributed by atoms with Gasteiger partial charge in [-0.15, -0.1) is 0 Å². The molecule has 1 aliphatic carbocycles. The molecule has 1 aromatic heterocycles. The van der Waals surface area contributed by atoms with E-state index in [0.29, 0.717) is 22.8 Å². The van der Waals surface area contributed by atoms with Crippen molar-refractivity contribution in [1.29, 1.82) is 0 Å². The first kappa shape index (κ1) is 17.0. The van der Waals surface area contributed by atoms with Gasteiger partial charge in [0, 0.05) is 23.0 Å². The van der Waals surface area contributed by atoms with Crippen LogP contribution in [-0.4, -0.2) is 21.8 Å². The van der Waals surface area contributed by atoms with Gasteiger partial charge in [-0.05, 0) is 61.7 Å². The quantitative estimate of drug-likeness (QED) is 0.638. The van der Waals surface area contributed by atoms with Crippen molar-refractivity contribution in [1.82, 2.24) is 9.88 Å². The number of hydrogen-bond donors (Lipinski definition) is 0. The van der Waals surface area contributed by atoms with Gasteiger partial charge in [-0.2, -0.15) is 0 Å². The van der Waals surface area contributed by atoms with E-state index in [0.717, 1.165) is 29.3 Å². The molecule has 0 N–H and O–H groups in total. The van der Waals surface area contributed by atoms with Crippen molar-refractivity contribution in [3.63, 3.8) is 0 Å². The largest absolute Gasteiger partial charge is 0.331 e. The third kappa shape index (κ3) is 3.42. The number of halogens is 2. The summed E-state index contributed by atoms with van der Waals surface area (Å²) in [4.78, 5) is 19.7. The summed E-state index contributed by atoms with van der Waals surface area (Å²) in [6, 6.07) is 13.9. The Balaban J connectivity index is 1.68. The minimum Gasteiger partial charge on any atom is -0.331 e. The lowest BCUT2D eigenvalue weighted by Gasteiger charge is -2.23. The van der Waals surface area contributed by atoms with Gasteiger partial charge in [0.25, 0.3) is 5.91 Å². The molecule has 1 amide bonds. The monoisotopic (exact) mass is 368 g/mol. The Morgan fingerprint density at radius 2 is 1.92 bits per heavy atom. The summed E-state index contributed by atoms with van der Waals surface area (Å²) in [6.45, 7) is 2.32. The number of pyridine rings is 1. The van der Waals surface area contributed by atoms with Crippen molar-refractivity contribution < 1.29 is 9.18 Å². The van der Waals surface area contributed by atoms with Crippen LogP contribution in [0, 0.1) is 12.7 Å². The van der Waals surface area contributed by atoms with Crippen LogP contribution in [-0.2, 0) is 6.54 Å². The van der Waals surface area contributed by atoms with Crippen molar-refractivity contribution in [2.45, 2.75) is 32.4 Å². The lowest BCUT2D eigenvalue weighted by molar-refractivity contribution is 0.0729. The summed E-state index contributed by atoms with van der Waals surface area (Å²) >= 11 is 6.08. The number of carbonyl (C=O) groups is 1. The minimum atomic E-state index is -0.274. The number of rotatable bonds is 4. The molecule has 132 valence electrons. The van der Waals surface area contributed by atoms with Crippen LogP contribution in [0.15, 0.2) is 48.5 Å². The summed E-state index contributed by atoms with van der Waals surface area (Å²) in [5, 5.41) is 1.47. The predicted octanol–water partition coefficient (Wildman–Crippen LogP) is 5.14. The number of aryl methyl sites for hydroxylation is 1. The number of aromatic nitrogens is 1. The van der Waals surface area contributed by atoms with Gasteiger partial charge in [0.05, 0.1) is 16.8 Å². The summed E-state index contributed by atoms with van der Waals surface area (Å²) < 4.78 is 13.2. The zero-order valence-corrected chi connectivity index (χ0v) is 15.1. The smallest absolute Gasteiger partial charge is 0.256 e. The number of hydrogen-bond acceptors (Lipinski definition) is 2. The van der Waals surface area contributed by atoms with E-state index in [-0.39, 0.29) is 17.8 Å². The van der Waals surface area contributed by atoms with Crippen LogP contribution in [0.5, 0.6) is 0 Å². The second kappa shape index (κ2) is 6.69. The Morgan fingerprint density at radius 1 is 1.19 bits per heavy atom. The molecule has 0 saturated heterocycles. The molecule has 3 aromatic rings. The highest BCUT2D eigenvalue weighted by Crippen LogP contribution is 2.31. The van der Waals surface area contributed by atoms with E-state index < -0.39 is 0 Å². The van der Waals surface area contributed by atoms with Crippen molar-refractivity contribution in [2.24, 2.45) is 0 Å². The van der Waals surface area contributed by atoms with Crippen molar-refractivity contribution in [3.8, 4) is 0 Å². The van der Waals surface area contributed by atoms with Crippen LogP contribution in [0.2, 0.25) is 5.02 Å². The highest BCUT2D eigenvalue weighted by atomic mass is 35.5. The van der Waals surface area contributed by atoms with E-state index in [1.807, 2.05) is 30.0 Å². The Hall–Kier alpha value is -2.46. The van der Waals surface area contributed by atoms with Crippen molar-refractivity contribution in [2.75, 3.05) is 0 Å². The molecule has 0 spiro atoms. The second-order valence-electron chi connectivity index (χ2n) is 6.75. The highest BCUT2D eigenvalue weighted by Gasteiger charge is 2.33. The number of benzene rings is 2. The molecule has 1 fully saturated rings. The molecule has 1 aliphatic rings. The van der Waals surface area contributed by atoms with Crippen LogP contribution >= 0.6 is 11.6 Å². The molecule has 0 aliphatic heterocycles. The number of nitrogens with zero attached hydrogens (tertiary/aromatic N) is 2. The fraction of sp³-hybridized carbons (Fsp3) is 0.238. The Kier molecular flexibility index (Phi) is 4.37. The molecule has 0 unspecified atom stereocenters. The third-order valence-electron chi connectivity index (χ3n) is 4.71. The Bertz CT molecular complexity index is 983. The standard InChI is InChI=1S/C21H18ClFN2O/c1-13-19(11-15-10-16(22)4-9-20(15)24-13)21(26)25(18-7-8-18)12-14-2-5-17(23)6-3-14/h2-6,9-11,18H,7-8,12H2,1H3. The molecule has 0 radical (unpaired) electrons. The summed E-state index contributed by atoms with van der Waals surface area (Å²) in [5.41, 5.74) is 3.03. The van der Waals surface area contributed by atoms with E-state index in [9.17, 15) is 9.18 Å². The summed E-state index contributed by atoms with van der Waals surface area (Å²) in [7, 11) is 0. The van der Waals surface area contributed by atoms with Crippen molar-refractivity contribution in [3.05, 3.63) is 76.2 Å². The molecule has 3 nitrogen and oxygen atoms in total. The molecule has 1 saturated carbocycles. The van der Waals surface area contributed by atoms with Crippen LogP contribution in [0.1, 0.15) is 34.5 Å². The van der Waals surface area contributed by atoms with Gasteiger partial charge in [-0.1, -0.05) is 23.7 Å². The van der Waals surface area contributed by atoms with Gasteiger partial charge in [0.2, 0.25) is 0 Å². The lowest BCUT2D eigenvalue weighted by atomic mass is 10.1.